The smallest absolute Gasteiger partial charge is 0.254 e. The van der Waals surface area contributed by atoms with Gasteiger partial charge in [-0.2, -0.15) is 0 Å². The van der Waals surface area contributed by atoms with Gasteiger partial charge in [0.2, 0.25) is 0 Å². The van der Waals surface area contributed by atoms with E-state index in [9.17, 15) is 4.79 Å². The average molecular weight is 363 g/mol. The molecule has 0 aliphatic rings. The van der Waals surface area contributed by atoms with Gasteiger partial charge in [0, 0.05) is 23.8 Å². The van der Waals surface area contributed by atoms with Gasteiger partial charge < -0.3 is 15.4 Å². The van der Waals surface area contributed by atoms with Crippen LogP contribution in [-0.4, -0.2) is 24.5 Å². The number of fused-ring (bicyclic) bond motifs is 1. The molecule has 1 heterocycles. The molecule has 0 radical (unpaired) electrons. The van der Waals surface area contributed by atoms with Crippen LogP contribution < -0.4 is 15.4 Å². The summed E-state index contributed by atoms with van der Waals surface area (Å²) in [5.74, 6) is 0.551. The number of aromatic nitrogens is 1. The van der Waals surface area contributed by atoms with Crippen LogP contribution in [0.15, 0.2) is 48.7 Å². The van der Waals surface area contributed by atoms with Crippen molar-refractivity contribution in [3.05, 3.63) is 59.8 Å². The number of amides is 1. The van der Waals surface area contributed by atoms with Crippen molar-refractivity contribution >= 4 is 28.2 Å². The number of ether oxygens (including phenoxy) is 1. The highest BCUT2D eigenvalue weighted by atomic mass is 16.5. The number of nitrogens with one attached hydrogen (secondary N) is 2. The van der Waals surface area contributed by atoms with Crippen LogP contribution in [-0.2, 0) is 0 Å². The molecule has 2 aromatic carbocycles. The number of benzene rings is 2. The fraction of sp³-hybridized carbons (Fsp3) is 0.273. The lowest BCUT2D eigenvalue weighted by Gasteiger charge is -2.17. The number of unbranched alkanes of at least 4 members (excludes halogenated alkanes) is 1. The third-order valence-corrected chi connectivity index (χ3v) is 4.55. The first-order chi connectivity index (χ1) is 13.2. The summed E-state index contributed by atoms with van der Waals surface area (Å²) in [6.07, 6.45) is 3.59. The number of methoxy groups -OCH3 is 1. The Balaban J connectivity index is 2.11. The summed E-state index contributed by atoms with van der Waals surface area (Å²) in [4.78, 5) is 17.3. The van der Waals surface area contributed by atoms with Crippen LogP contribution in [0.2, 0.25) is 0 Å². The predicted molar refractivity (Wildman–Crippen MR) is 110 cm³/mol. The molecule has 0 spiro atoms. The zero-order chi connectivity index (χ0) is 19.2. The Bertz CT molecular complexity index is 953. The van der Waals surface area contributed by atoms with E-state index in [1.165, 1.54) is 0 Å². The Hall–Kier alpha value is -3.08. The first kappa shape index (κ1) is 18.7. The Kier molecular flexibility index (Phi) is 5.91. The van der Waals surface area contributed by atoms with Gasteiger partial charge in [0.05, 0.1) is 18.4 Å². The third kappa shape index (κ3) is 4.03. The molecule has 0 atom stereocenters. The fourth-order valence-electron chi connectivity index (χ4n) is 2.99. The highest BCUT2D eigenvalue weighted by Crippen LogP contribution is 2.34. The lowest BCUT2D eigenvalue weighted by atomic mass is 10.1. The molecule has 0 aliphatic carbocycles. The van der Waals surface area contributed by atoms with Gasteiger partial charge in [-0.1, -0.05) is 43.7 Å². The van der Waals surface area contributed by atoms with Gasteiger partial charge in [0.25, 0.3) is 5.91 Å². The van der Waals surface area contributed by atoms with Crippen molar-refractivity contribution in [3.63, 3.8) is 0 Å². The molecule has 0 fully saturated rings. The van der Waals surface area contributed by atoms with Gasteiger partial charge in [0.1, 0.15) is 11.3 Å². The number of carbonyl (C=O) groups is 1. The number of hydrogen-bond acceptors (Lipinski definition) is 4. The Morgan fingerprint density at radius 2 is 1.96 bits per heavy atom. The second kappa shape index (κ2) is 8.54. The zero-order valence-electron chi connectivity index (χ0n) is 16.0. The average Bonchev–Trinajstić information content (AvgIpc) is 2.69. The van der Waals surface area contributed by atoms with Gasteiger partial charge >= 0.3 is 0 Å². The van der Waals surface area contributed by atoms with Crippen molar-refractivity contribution in [3.8, 4) is 5.75 Å². The zero-order valence-corrected chi connectivity index (χ0v) is 16.0. The SMILES string of the molecule is CCCCNC(=O)c1cnc2c(OC)cccc2c1Nc1ccccc1C. The van der Waals surface area contributed by atoms with Crippen molar-refractivity contribution < 1.29 is 9.53 Å². The first-order valence-corrected chi connectivity index (χ1v) is 9.22. The molecule has 0 saturated carbocycles. The molecule has 1 amide bonds. The molecule has 3 aromatic rings. The van der Waals surface area contributed by atoms with Crippen molar-refractivity contribution in [1.29, 1.82) is 0 Å². The van der Waals surface area contributed by atoms with E-state index < -0.39 is 0 Å². The summed E-state index contributed by atoms with van der Waals surface area (Å²) in [6.45, 7) is 4.78. The first-order valence-electron chi connectivity index (χ1n) is 9.22. The summed E-state index contributed by atoms with van der Waals surface area (Å²) in [5, 5.41) is 7.28. The van der Waals surface area contributed by atoms with Crippen LogP contribution in [0.5, 0.6) is 5.75 Å². The second-order valence-corrected chi connectivity index (χ2v) is 6.45. The minimum atomic E-state index is -0.128. The molecule has 140 valence electrons. The molecule has 3 rings (SSSR count). The van der Waals surface area contributed by atoms with Gasteiger partial charge in [0.15, 0.2) is 0 Å². The topological polar surface area (TPSA) is 63.2 Å². The third-order valence-electron chi connectivity index (χ3n) is 4.55. The summed E-state index contributed by atoms with van der Waals surface area (Å²) in [5.41, 5.74) is 4.04. The number of para-hydroxylation sites is 2. The van der Waals surface area contributed by atoms with E-state index in [-0.39, 0.29) is 5.91 Å². The highest BCUT2D eigenvalue weighted by Gasteiger charge is 2.17. The summed E-state index contributed by atoms with van der Waals surface area (Å²) < 4.78 is 5.45. The van der Waals surface area contributed by atoms with Crippen LogP contribution in [0.4, 0.5) is 11.4 Å². The maximum absolute atomic E-state index is 12.8. The van der Waals surface area contributed by atoms with E-state index in [1.807, 2.05) is 49.4 Å². The molecule has 5 nitrogen and oxygen atoms in total. The quantitative estimate of drug-likeness (QED) is 0.591. The fourth-order valence-corrected chi connectivity index (χ4v) is 2.99. The monoisotopic (exact) mass is 363 g/mol. The maximum Gasteiger partial charge on any atom is 0.254 e. The molecule has 0 saturated heterocycles. The van der Waals surface area contributed by atoms with Gasteiger partial charge in [-0.3, -0.25) is 9.78 Å². The highest BCUT2D eigenvalue weighted by molar-refractivity contribution is 6.09. The van der Waals surface area contributed by atoms with Crippen molar-refractivity contribution in [2.75, 3.05) is 19.0 Å². The standard InChI is InChI=1S/C22H25N3O2/c1-4-5-13-23-22(26)17-14-24-21-16(10-8-12-19(21)27-3)20(17)25-18-11-7-6-9-15(18)2/h6-12,14H,4-5,13H2,1-3H3,(H,23,26)(H,24,25). The van der Waals surface area contributed by atoms with Crippen LogP contribution in [0.3, 0.4) is 0 Å². The largest absolute Gasteiger partial charge is 0.494 e. The van der Waals surface area contributed by atoms with E-state index >= 15 is 0 Å². The van der Waals surface area contributed by atoms with E-state index in [1.54, 1.807) is 13.3 Å². The van der Waals surface area contributed by atoms with Crippen LogP contribution >= 0.6 is 0 Å². The molecule has 0 unspecified atom stereocenters. The molecule has 2 N–H and O–H groups in total. The lowest BCUT2D eigenvalue weighted by Crippen LogP contribution is -2.25. The number of aryl methyl sites for hydroxylation is 1. The number of nitrogens with zero attached hydrogens (tertiary/aromatic N) is 1. The van der Waals surface area contributed by atoms with E-state index in [0.717, 1.165) is 40.7 Å². The predicted octanol–water partition coefficient (Wildman–Crippen LogP) is 4.83. The minimum absolute atomic E-state index is 0.128. The normalized spacial score (nSPS) is 10.6. The van der Waals surface area contributed by atoms with Crippen molar-refractivity contribution in [2.24, 2.45) is 0 Å². The molecule has 0 bridgehead atoms. The number of pyridine rings is 1. The van der Waals surface area contributed by atoms with E-state index in [2.05, 4.69) is 22.5 Å². The number of rotatable bonds is 7. The molecule has 1 aromatic heterocycles. The molecule has 27 heavy (non-hydrogen) atoms. The van der Waals surface area contributed by atoms with Crippen molar-refractivity contribution in [2.45, 2.75) is 26.7 Å². The molecular weight excluding hydrogens is 338 g/mol. The molecular formula is C22H25N3O2. The second-order valence-electron chi connectivity index (χ2n) is 6.45. The van der Waals surface area contributed by atoms with Crippen LogP contribution in [0, 0.1) is 6.92 Å². The lowest BCUT2D eigenvalue weighted by molar-refractivity contribution is 0.0954. The molecule has 0 aliphatic heterocycles. The number of carbonyl (C=O) groups excluding carboxylic acids is 1. The van der Waals surface area contributed by atoms with E-state index in [4.69, 9.17) is 4.74 Å². The van der Waals surface area contributed by atoms with Gasteiger partial charge in [-0.25, -0.2) is 0 Å². The summed E-state index contributed by atoms with van der Waals surface area (Å²) in [7, 11) is 1.62. The van der Waals surface area contributed by atoms with E-state index in [0.29, 0.717) is 17.9 Å². The summed E-state index contributed by atoms with van der Waals surface area (Å²) >= 11 is 0. The summed E-state index contributed by atoms with van der Waals surface area (Å²) in [6, 6.07) is 13.7. The van der Waals surface area contributed by atoms with Crippen molar-refractivity contribution in [1.82, 2.24) is 10.3 Å². The van der Waals surface area contributed by atoms with Gasteiger partial charge in [-0.05, 0) is 31.0 Å². The Morgan fingerprint density at radius 1 is 1.15 bits per heavy atom. The van der Waals surface area contributed by atoms with Crippen LogP contribution in [0.25, 0.3) is 10.9 Å². The van der Waals surface area contributed by atoms with Crippen LogP contribution in [0.1, 0.15) is 35.7 Å². The Labute approximate surface area is 159 Å². The minimum Gasteiger partial charge on any atom is -0.494 e. The molecule has 5 heteroatoms. The number of anilines is 2. The van der Waals surface area contributed by atoms with Gasteiger partial charge in [-0.15, -0.1) is 0 Å². The Morgan fingerprint density at radius 3 is 2.70 bits per heavy atom. The maximum atomic E-state index is 12.8. The number of hydrogen-bond donors (Lipinski definition) is 2.